The molecule has 0 radical (unpaired) electrons. The molecule has 1 aliphatic rings. The SMILES string of the molecule is Cl.O=C(NCC1CCCNC1)c1ccc(Nc2ccccc2)c([N+](=O)[O-])c1. The van der Waals surface area contributed by atoms with Crippen molar-refractivity contribution in [2.75, 3.05) is 25.0 Å². The van der Waals surface area contributed by atoms with Crippen LogP contribution in [0.15, 0.2) is 48.5 Å². The maximum absolute atomic E-state index is 12.4. The third-order valence-corrected chi connectivity index (χ3v) is 4.46. The molecule has 1 aliphatic heterocycles. The Kier molecular flexibility index (Phi) is 7.57. The predicted molar refractivity (Wildman–Crippen MR) is 108 cm³/mol. The van der Waals surface area contributed by atoms with E-state index in [0.717, 1.165) is 31.6 Å². The zero-order valence-electron chi connectivity index (χ0n) is 14.8. The van der Waals surface area contributed by atoms with Crippen molar-refractivity contribution in [3.63, 3.8) is 0 Å². The summed E-state index contributed by atoms with van der Waals surface area (Å²) in [4.78, 5) is 23.3. The quantitative estimate of drug-likeness (QED) is 0.518. The second-order valence-electron chi connectivity index (χ2n) is 6.40. The minimum Gasteiger partial charge on any atom is -0.352 e. The number of nitro benzene ring substituents is 1. The first-order chi connectivity index (χ1) is 12.6. The fourth-order valence-corrected chi connectivity index (χ4v) is 3.04. The molecule has 27 heavy (non-hydrogen) atoms. The summed E-state index contributed by atoms with van der Waals surface area (Å²) in [6.45, 7) is 2.48. The third-order valence-electron chi connectivity index (χ3n) is 4.46. The van der Waals surface area contributed by atoms with Gasteiger partial charge in [0.15, 0.2) is 0 Å². The molecule has 0 bridgehead atoms. The van der Waals surface area contributed by atoms with E-state index < -0.39 is 4.92 Å². The number of nitro groups is 1. The van der Waals surface area contributed by atoms with Gasteiger partial charge in [0.05, 0.1) is 4.92 Å². The number of rotatable bonds is 6. The Morgan fingerprint density at radius 1 is 1.22 bits per heavy atom. The molecule has 8 heteroatoms. The van der Waals surface area contributed by atoms with Crippen LogP contribution in [0.1, 0.15) is 23.2 Å². The van der Waals surface area contributed by atoms with E-state index in [1.807, 2.05) is 30.3 Å². The van der Waals surface area contributed by atoms with Gasteiger partial charge in [-0.3, -0.25) is 14.9 Å². The number of anilines is 2. The lowest BCUT2D eigenvalue weighted by Gasteiger charge is -2.22. The van der Waals surface area contributed by atoms with Crippen LogP contribution in [0.25, 0.3) is 0 Å². The molecule has 0 saturated carbocycles. The van der Waals surface area contributed by atoms with Crippen LogP contribution >= 0.6 is 12.4 Å². The molecule has 0 spiro atoms. The van der Waals surface area contributed by atoms with Gasteiger partial charge in [0, 0.05) is 23.9 Å². The van der Waals surface area contributed by atoms with Crippen molar-refractivity contribution in [1.82, 2.24) is 10.6 Å². The van der Waals surface area contributed by atoms with E-state index in [0.29, 0.717) is 23.7 Å². The molecule has 1 saturated heterocycles. The van der Waals surface area contributed by atoms with Gasteiger partial charge in [0.25, 0.3) is 11.6 Å². The minimum atomic E-state index is -0.479. The van der Waals surface area contributed by atoms with Crippen molar-refractivity contribution in [3.8, 4) is 0 Å². The Bertz CT molecular complexity index is 780. The Morgan fingerprint density at radius 3 is 2.67 bits per heavy atom. The Labute approximate surface area is 164 Å². The van der Waals surface area contributed by atoms with Crippen LogP contribution < -0.4 is 16.0 Å². The fraction of sp³-hybridized carbons (Fsp3) is 0.316. The molecule has 0 aromatic heterocycles. The van der Waals surface area contributed by atoms with E-state index in [4.69, 9.17) is 0 Å². The molecule has 1 heterocycles. The molecule has 3 rings (SSSR count). The zero-order valence-corrected chi connectivity index (χ0v) is 15.6. The summed E-state index contributed by atoms with van der Waals surface area (Å²) < 4.78 is 0. The van der Waals surface area contributed by atoms with Crippen LogP contribution in [0.2, 0.25) is 0 Å². The molecule has 1 amide bonds. The number of hydrogen-bond donors (Lipinski definition) is 3. The smallest absolute Gasteiger partial charge is 0.293 e. The van der Waals surface area contributed by atoms with E-state index in [-0.39, 0.29) is 24.0 Å². The van der Waals surface area contributed by atoms with Gasteiger partial charge in [-0.2, -0.15) is 0 Å². The standard InChI is InChI=1S/C19H22N4O3.ClH/c24-19(21-13-14-5-4-10-20-12-14)15-8-9-17(18(11-15)23(25)26)22-16-6-2-1-3-7-16;/h1-3,6-9,11,14,20,22H,4-5,10,12-13H2,(H,21,24);1H. The molecule has 7 nitrogen and oxygen atoms in total. The third kappa shape index (κ3) is 5.67. The van der Waals surface area contributed by atoms with Crippen LogP contribution in [-0.4, -0.2) is 30.5 Å². The number of hydrogen-bond acceptors (Lipinski definition) is 5. The van der Waals surface area contributed by atoms with Gasteiger partial charge >= 0.3 is 0 Å². The summed E-state index contributed by atoms with van der Waals surface area (Å²) in [6, 6.07) is 13.7. The number of para-hydroxylation sites is 1. The van der Waals surface area contributed by atoms with Gasteiger partial charge in [0.1, 0.15) is 5.69 Å². The van der Waals surface area contributed by atoms with Gasteiger partial charge in [-0.25, -0.2) is 0 Å². The van der Waals surface area contributed by atoms with Gasteiger partial charge < -0.3 is 16.0 Å². The fourth-order valence-electron chi connectivity index (χ4n) is 3.04. The van der Waals surface area contributed by atoms with Crippen LogP contribution in [0.3, 0.4) is 0 Å². The van der Waals surface area contributed by atoms with E-state index >= 15 is 0 Å². The van der Waals surface area contributed by atoms with E-state index in [9.17, 15) is 14.9 Å². The number of amides is 1. The number of piperidine rings is 1. The maximum atomic E-state index is 12.4. The molecule has 144 valence electrons. The van der Waals surface area contributed by atoms with Crippen LogP contribution in [-0.2, 0) is 0 Å². The largest absolute Gasteiger partial charge is 0.352 e. The normalized spacial score (nSPS) is 16.1. The average Bonchev–Trinajstić information content (AvgIpc) is 2.68. The molecule has 1 atom stereocenters. The highest BCUT2D eigenvalue weighted by Crippen LogP contribution is 2.28. The zero-order chi connectivity index (χ0) is 18.4. The number of nitrogens with one attached hydrogen (secondary N) is 3. The van der Waals surface area contributed by atoms with Crippen LogP contribution in [0, 0.1) is 16.0 Å². The number of halogens is 1. The number of nitrogens with zero attached hydrogens (tertiary/aromatic N) is 1. The first-order valence-electron chi connectivity index (χ1n) is 8.73. The molecular weight excluding hydrogens is 368 g/mol. The number of carbonyl (C=O) groups excluding carboxylic acids is 1. The van der Waals surface area contributed by atoms with Crippen molar-refractivity contribution in [3.05, 3.63) is 64.2 Å². The van der Waals surface area contributed by atoms with E-state index in [1.54, 1.807) is 12.1 Å². The van der Waals surface area contributed by atoms with Crippen molar-refractivity contribution in [1.29, 1.82) is 0 Å². The van der Waals surface area contributed by atoms with Crippen molar-refractivity contribution in [2.45, 2.75) is 12.8 Å². The van der Waals surface area contributed by atoms with Crippen LogP contribution in [0.5, 0.6) is 0 Å². The van der Waals surface area contributed by atoms with Gasteiger partial charge in [0.2, 0.25) is 0 Å². The Hall–Kier alpha value is -2.64. The Morgan fingerprint density at radius 2 is 2.00 bits per heavy atom. The van der Waals surface area contributed by atoms with Gasteiger partial charge in [-0.1, -0.05) is 18.2 Å². The van der Waals surface area contributed by atoms with E-state index in [2.05, 4.69) is 16.0 Å². The molecule has 1 unspecified atom stereocenters. The number of carbonyl (C=O) groups is 1. The second kappa shape index (κ2) is 9.89. The molecular formula is C19H23ClN4O3. The van der Waals surface area contributed by atoms with Crippen LogP contribution in [0.4, 0.5) is 17.1 Å². The summed E-state index contributed by atoms with van der Waals surface area (Å²) in [5.74, 6) is 0.117. The van der Waals surface area contributed by atoms with Gasteiger partial charge in [-0.05, 0) is 56.1 Å². The second-order valence-corrected chi connectivity index (χ2v) is 6.40. The summed E-state index contributed by atoms with van der Waals surface area (Å²) in [5, 5.41) is 20.6. The van der Waals surface area contributed by atoms with Crippen molar-refractivity contribution in [2.24, 2.45) is 5.92 Å². The summed E-state index contributed by atoms with van der Waals surface area (Å²) in [5.41, 5.74) is 1.27. The lowest BCUT2D eigenvalue weighted by molar-refractivity contribution is -0.383. The lowest BCUT2D eigenvalue weighted by atomic mass is 9.99. The molecule has 2 aromatic rings. The average molecular weight is 391 g/mol. The highest BCUT2D eigenvalue weighted by atomic mass is 35.5. The van der Waals surface area contributed by atoms with Crippen molar-refractivity contribution >= 4 is 35.4 Å². The highest BCUT2D eigenvalue weighted by Gasteiger charge is 2.19. The Balaban J connectivity index is 0.00000261. The molecule has 3 N–H and O–H groups in total. The molecule has 1 fully saturated rings. The summed E-state index contributed by atoms with van der Waals surface area (Å²) in [7, 11) is 0. The first-order valence-corrected chi connectivity index (χ1v) is 8.73. The highest BCUT2D eigenvalue weighted by molar-refractivity contribution is 5.96. The van der Waals surface area contributed by atoms with Crippen molar-refractivity contribution < 1.29 is 9.72 Å². The van der Waals surface area contributed by atoms with E-state index in [1.165, 1.54) is 6.07 Å². The monoisotopic (exact) mass is 390 g/mol. The summed E-state index contributed by atoms with van der Waals surface area (Å²) in [6.07, 6.45) is 2.18. The topological polar surface area (TPSA) is 96.3 Å². The summed E-state index contributed by atoms with van der Waals surface area (Å²) >= 11 is 0. The molecule has 0 aliphatic carbocycles. The minimum absolute atomic E-state index is 0. The number of benzene rings is 2. The maximum Gasteiger partial charge on any atom is 0.293 e. The molecule has 2 aromatic carbocycles. The van der Waals surface area contributed by atoms with Gasteiger partial charge in [-0.15, -0.1) is 12.4 Å². The lowest BCUT2D eigenvalue weighted by Crippen LogP contribution is -2.38. The first kappa shape index (κ1) is 20.7. The predicted octanol–water partition coefficient (Wildman–Crippen LogP) is 3.49.